The van der Waals surface area contributed by atoms with Crippen molar-refractivity contribution < 1.29 is 19.0 Å². The molecule has 326 valence electrons. The first kappa shape index (κ1) is 43.4. The molecular formula is C54H80FNO3. The molecule has 7 aliphatic carbocycles. The van der Waals surface area contributed by atoms with E-state index in [0.717, 1.165) is 37.8 Å². The van der Waals surface area contributed by atoms with E-state index in [9.17, 15) is 14.3 Å². The van der Waals surface area contributed by atoms with Crippen LogP contribution in [0.5, 0.6) is 0 Å². The molecule has 7 aliphatic rings. The van der Waals surface area contributed by atoms with E-state index in [4.69, 9.17) is 4.74 Å². The molecular weight excluding hydrogens is 730 g/mol. The number of alkyl halides is 1. The summed E-state index contributed by atoms with van der Waals surface area (Å²) >= 11 is 0. The Morgan fingerprint density at radius 1 is 0.949 bits per heavy atom. The number of fused-ring (bicyclic) bond motifs is 5. The Hall–Kier alpha value is -2.24. The Kier molecular flexibility index (Phi) is 12.1. The third kappa shape index (κ3) is 7.69. The van der Waals surface area contributed by atoms with Crippen LogP contribution in [0.3, 0.4) is 0 Å². The van der Waals surface area contributed by atoms with Crippen molar-refractivity contribution in [2.45, 2.75) is 181 Å². The molecule has 0 saturated heterocycles. The number of carbonyl (C=O) groups excluding carboxylic acids is 1. The molecule has 59 heavy (non-hydrogen) atoms. The highest BCUT2D eigenvalue weighted by Crippen LogP contribution is 2.72. The van der Waals surface area contributed by atoms with E-state index < -0.39 is 23.7 Å². The zero-order chi connectivity index (χ0) is 41.8. The number of aliphatic hydroxyl groups is 1. The van der Waals surface area contributed by atoms with E-state index in [1.807, 2.05) is 30.3 Å². The molecule has 0 aromatic heterocycles. The summed E-state index contributed by atoms with van der Waals surface area (Å²) in [6.45, 7) is 20.1. The maximum Gasteiger partial charge on any atom is 0.315 e. The van der Waals surface area contributed by atoms with E-state index >= 15 is 0 Å². The quantitative estimate of drug-likeness (QED) is 0.129. The summed E-state index contributed by atoms with van der Waals surface area (Å²) in [5.41, 5.74) is 4.38. The van der Waals surface area contributed by atoms with E-state index in [-0.39, 0.29) is 17.6 Å². The van der Waals surface area contributed by atoms with E-state index in [2.05, 4.69) is 65.6 Å². The van der Waals surface area contributed by atoms with Gasteiger partial charge in [-0.15, -0.1) is 0 Å². The van der Waals surface area contributed by atoms with Crippen LogP contribution in [-0.2, 0) is 16.1 Å². The molecule has 0 amide bonds. The fourth-order valence-corrected chi connectivity index (χ4v) is 15.0. The average molecular weight is 810 g/mol. The highest BCUT2D eigenvalue weighted by molar-refractivity contribution is 5.78. The maximum absolute atomic E-state index is 14.9. The van der Waals surface area contributed by atoms with Gasteiger partial charge in [-0.25, -0.2) is 4.39 Å². The molecule has 0 bridgehead atoms. The summed E-state index contributed by atoms with van der Waals surface area (Å²) in [6.07, 6.45) is 25.9. The highest BCUT2D eigenvalue weighted by atomic mass is 19.1. The van der Waals surface area contributed by atoms with Crippen molar-refractivity contribution in [1.82, 2.24) is 5.32 Å². The first-order valence-corrected chi connectivity index (χ1v) is 24.5. The minimum atomic E-state index is -1.09. The Balaban J connectivity index is 0.971. The second kappa shape index (κ2) is 16.5. The molecule has 6 fully saturated rings. The van der Waals surface area contributed by atoms with Gasteiger partial charge in [0.2, 0.25) is 0 Å². The van der Waals surface area contributed by atoms with Gasteiger partial charge in [0, 0.05) is 5.54 Å². The lowest BCUT2D eigenvalue weighted by Crippen LogP contribution is -2.65. The Labute approximate surface area is 358 Å². The number of rotatable bonds is 16. The van der Waals surface area contributed by atoms with Gasteiger partial charge in [-0.1, -0.05) is 95.7 Å². The predicted octanol–water partition coefficient (Wildman–Crippen LogP) is 13.1. The van der Waals surface area contributed by atoms with Crippen molar-refractivity contribution in [3.8, 4) is 0 Å². The van der Waals surface area contributed by atoms with Crippen LogP contribution in [0.4, 0.5) is 4.39 Å². The van der Waals surface area contributed by atoms with Gasteiger partial charge in [0.1, 0.15) is 13.3 Å². The van der Waals surface area contributed by atoms with Gasteiger partial charge < -0.3 is 15.2 Å². The largest absolute Gasteiger partial charge is 0.460 e. The molecule has 0 spiro atoms. The summed E-state index contributed by atoms with van der Waals surface area (Å²) in [5.74, 6) is 3.91. The van der Waals surface area contributed by atoms with Crippen molar-refractivity contribution in [2.75, 3.05) is 13.2 Å². The number of allylic oxidation sites excluding steroid dienone is 5. The Morgan fingerprint density at radius 3 is 2.31 bits per heavy atom. The van der Waals surface area contributed by atoms with Gasteiger partial charge >= 0.3 is 5.97 Å². The zero-order valence-corrected chi connectivity index (χ0v) is 38.0. The summed E-state index contributed by atoms with van der Waals surface area (Å²) in [6, 6.07) is 9.72. The van der Waals surface area contributed by atoms with Crippen molar-refractivity contribution in [3.63, 3.8) is 0 Å². The van der Waals surface area contributed by atoms with Crippen LogP contribution < -0.4 is 5.32 Å². The van der Waals surface area contributed by atoms with Gasteiger partial charge in [0.05, 0.1) is 11.0 Å². The van der Waals surface area contributed by atoms with E-state index in [1.165, 1.54) is 100 Å². The maximum atomic E-state index is 14.9. The number of hydrogen-bond acceptors (Lipinski definition) is 4. The SMILES string of the molecule is C=C(C)[C@@H]1CC[C@]2(NCCC(O)(C3CC3)C3CC3)CC[C@]3(C)[C@H](CC[C@@H]4C[C@H](C(C)(C)/C(=C\CCC)C5=CC[C@](CF)(C(=O)OCc6ccccc6)CC5)CC[C@]43C)[C@@H]12. The molecule has 0 unspecified atom stereocenters. The van der Waals surface area contributed by atoms with Gasteiger partial charge in [-0.05, 0) is 203 Å². The number of unbranched alkanes of at least 4 members (excludes halogenated alkanes) is 1. The van der Waals surface area contributed by atoms with Crippen molar-refractivity contribution in [1.29, 1.82) is 0 Å². The van der Waals surface area contributed by atoms with Crippen LogP contribution >= 0.6 is 0 Å². The molecule has 0 aliphatic heterocycles. The minimum absolute atomic E-state index is 0.00534. The number of hydrogen-bond donors (Lipinski definition) is 2. The molecule has 6 saturated carbocycles. The fraction of sp³-hybridized carbons (Fsp3) is 0.759. The smallest absolute Gasteiger partial charge is 0.315 e. The third-order valence-electron chi connectivity index (χ3n) is 19.3. The predicted molar refractivity (Wildman–Crippen MR) is 239 cm³/mol. The number of benzene rings is 1. The summed E-state index contributed by atoms with van der Waals surface area (Å²) in [4.78, 5) is 13.4. The van der Waals surface area contributed by atoms with Crippen molar-refractivity contribution in [3.05, 3.63) is 71.3 Å². The van der Waals surface area contributed by atoms with E-state index in [0.29, 0.717) is 65.1 Å². The number of esters is 1. The number of nitrogens with one attached hydrogen (secondary N) is 1. The normalized spacial score (nSPS) is 37.5. The minimum Gasteiger partial charge on any atom is -0.460 e. The lowest BCUT2D eigenvalue weighted by molar-refractivity contribution is -0.176. The van der Waals surface area contributed by atoms with E-state index in [1.54, 1.807) is 0 Å². The molecule has 9 atom stereocenters. The monoisotopic (exact) mass is 810 g/mol. The molecule has 1 aromatic carbocycles. The molecule has 1 aromatic rings. The van der Waals surface area contributed by atoms with Gasteiger partial charge in [0.25, 0.3) is 0 Å². The molecule has 8 rings (SSSR count). The zero-order valence-electron chi connectivity index (χ0n) is 38.0. The standard InChI is InChI=1S/C54H80FNO3/c1-8-9-15-45(39-22-27-52(36-55,28-23-39)48(57)59-35-38-13-11-10-12-14-38)49(4,5)42-24-26-50(6)43(34-42)20-21-46-47-44(37(2)3)25-29-53(47,31-30-51(46,50)7)56-33-32-54(58,40-16-17-40)41-18-19-41/h10-15,22,40-44,46-47,56,58H,2,8-9,16-21,23-36H2,1,3-7H3/b45-15-/t42-,43-,44+,46-,47-,50-,51-,52+,53+/m1/s1. The topological polar surface area (TPSA) is 58.6 Å². The molecule has 5 heteroatoms. The lowest BCUT2D eigenvalue weighted by Gasteiger charge is -2.68. The summed E-state index contributed by atoms with van der Waals surface area (Å²) in [7, 11) is 0. The fourth-order valence-electron chi connectivity index (χ4n) is 15.0. The number of carbonyl (C=O) groups is 1. The molecule has 0 heterocycles. The second-order valence-electron chi connectivity index (χ2n) is 22.6. The first-order chi connectivity index (χ1) is 28.2. The van der Waals surface area contributed by atoms with Crippen LogP contribution in [0.1, 0.15) is 169 Å². The van der Waals surface area contributed by atoms with Gasteiger partial charge in [0.15, 0.2) is 0 Å². The van der Waals surface area contributed by atoms with Crippen molar-refractivity contribution in [2.24, 2.45) is 63.1 Å². The van der Waals surface area contributed by atoms with Crippen molar-refractivity contribution >= 4 is 5.97 Å². The van der Waals surface area contributed by atoms with Crippen LogP contribution in [0.15, 0.2) is 65.8 Å². The summed E-state index contributed by atoms with van der Waals surface area (Å²) < 4.78 is 20.6. The van der Waals surface area contributed by atoms with Crippen LogP contribution in [-0.4, -0.2) is 35.4 Å². The van der Waals surface area contributed by atoms with Gasteiger partial charge in [-0.3, -0.25) is 4.79 Å². The second-order valence-corrected chi connectivity index (χ2v) is 22.6. The molecule has 2 N–H and O–H groups in total. The van der Waals surface area contributed by atoms with Crippen LogP contribution in [0.25, 0.3) is 0 Å². The van der Waals surface area contributed by atoms with Gasteiger partial charge in [-0.2, -0.15) is 0 Å². The first-order valence-electron chi connectivity index (χ1n) is 24.5. The van der Waals surface area contributed by atoms with Crippen LogP contribution in [0, 0.1) is 63.1 Å². The summed E-state index contributed by atoms with van der Waals surface area (Å²) in [5, 5.41) is 16.1. The average Bonchev–Trinajstić information content (AvgIpc) is 4.18. The number of ether oxygens (including phenoxy) is 1. The Morgan fingerprint density at radius 2 is 1.68 bits per heavy atom. The molecule has 4 nitrogen and oxygen atoms in total. The molecule has 0 radical (unpaired) electrons. The lowest BCUT2D eigenvalue weighted by atomic mass is 9.38. The number of halogens is 1. The third-order valence-corrected chi connectivity index (χ3v) is 19.3. The highest BCUT2D eigenvalue weighted by Gasteiger charge is 2.67. The van der Waals surface area contributed by atoms with Crippen LogP contribution in [0.2, 0.25) is 0 Å². The Bertz CT molecular complexity index is 1740.